The fourth-order valence-corrected chi connectivity index (χ4v) is 1.61. The van der Waals surface area contributed by atoms with E-state index in [0.717, 1.165) is 17.9 Å². The first-order valence-corrected chi connectivity index (χ1v) is 5.30. The Balaban J connectivity index is 1.95. The van der Waals surface area contributed by atoms with Gasteiger partial charge in [-0.2, -0.15) is 0 Å². The Morgan fingerprint density at radius 3 is 2.53 bits per heavy atom. The quantitative estimate of drug-likeness (QED) is 0.536. The van der Waals surface area contributed by atoms with Gasteiger partial charge in [0, 0.05) is 12.0 Å². The van der Waals surface area contributed by atoms with Crippen LogP contribution in [0.5, 0.6) is 0 Å². The van der Waals surface area contributed by atoms with E-state index in [1.165, 1.54) is 12.8 Å². The van der Waals surface area contributed by atoms with Crippen LogP contribution in [0.15, 0.2) is 24.3 Å². The minimum Gasteiger partial charge on any atom is -0.294 e. The highest BCUT2D eigenvalue weighted by atomic mass is 16.1. The van der Waals surface area contributed by atoms with E-state index in [-0.39, 0.29) is 5.78 Å². The first kappa shape index (κ1) is 9.92. The summed E-state index contributed by atoms with van der Waals surface area (Å²) in [6.45, 7) is 6.81. The van der Waals surface area contributed by atoms with Crippen LogP contribution >= 0.6 is 0 Å². The van der Waals surface area contributed by atoms with E-state index in [9.17, 15) is 4.79 Å². The zero-order valence-corrected chi connectivity index (χ0v) is 8.57. The third-order valence-electron chi connectivity index (χ3n) is 2.79. The van der Waals surface area contributed by atoms with Crippen LogP contribution in [0, 0.1) is 12.5 Å². The molecule has 1 fully saturated rings. The Hall–Kier alpha value is -1.62. The van der Waals surface area contributed by atoms with Gasteiger partial charge in [0.15, 0.2) is 11.5 Å². The molecule has 0 aromatic heterocycles. The monoisotopic (exact) mass is 199 g/mol. The number of ketones is 1. The maximum Gasteiger partial charge on any atom is 0.187 e. The van der Waals surface area contributed by atoms with Crippen LogP contribution in [0.2, 0.25) is 0 Å². The molecule has 2 heteroatoms. The zero-order chi connectivity index (χ0) is 10.7. The Morgan fingerprint density at radius 2 is 2.00 bits per heavy atom. The summed E-state index contributed by atoms with van der Waals surface area (Å²) in [6.07, 6.45) is 4.28. The lowest BCUT2D eigenvalue weighted by Crippen LogP contribution is -1.98. The van der Waals surface area contributed by atoms with Crippen molar-refractivity contribution >= 4 is 11.5 Å². The van der Waals surface area contributed by atoms with Gasteiger partial charge in [-0.1, -0.05) is 37.1 Å². The van der Waals surface area contributed by atoms with Crippen LogP contribution in [0.1, 0.15) is 36.0 Å². The molecule has 1 aromatic rings. The first-order valence-electron chi connectivity index (χ1n) is 5.30. The van der Waals surface area contributed by atoms with E-state index < -0.39 is 0 Å². The van der Waals surface area contributed by atoms with Gasteiger partial charge in [-0.25, -0.2) is 4.85 Å². The second kappa shape index (κ2) is 4.27. The highest BCUT2D eigenvalue weighted by Crippen LogP contribution is 2.33. The summed E-state index contributed by atoms with van der Waals surface area (Å²) in [5.74, 6) is 1.01. The van der Waals surface area contributed by atoms with Crippen molar-refractivity contribution in [2.24, 2.45) is 5.92 Å². The van der Waals surface area contributed by atoms with Gasteiger partial charge in [0.25, 0.3) is 0 Å². The average molecular weight is 199 g/mol. The number of carbonyl (C=O) groups excluding carboxylic acids is 1. The minimum absolute atomic E-state index is 0.207. The molecule has 0 bridgehead atoms. The average Bonchev–Trinajstić information content (AvgIpc) is 3.10. The number of hydrogen-bond acceptors (Lipinski definition) is 1. The summed E-state index contributed by atoms with van der Waals surface area (Å²) < 4.78 is 0. The van der Waals surface area contributed by atoms with Gasteiger partial charge in [0.2, 0.25) is 0 Å². The summed E-state index contributed by atoms with van der Waals surface area (Å²) >= 11 is 0. The number of hydrogen-bond donors (Lipinski definition) is 0. The molecule has 15 heavy (non-hydrogen) atoms. The maximum atomic E-state index is 11.7. The van der Waals surface area contributed by atoms with Crippen LogP contribution in [-0.4, -0.2) is 5.78 Å². The second-order valence-corrected chi connectivity index (χ2v) is 4.06. The summed E-state index contributed by atoms with van der Waals surface area (Å²) in [6, 6.07) is 6.92. The number of rotatable bonds is 4. The molecule has 0 atom stereocenters. The third kappa shape index (κ3) is 2.66. The molecule has 0 spiro atoms. The smallest absolute Gasteiger partial charge is 0.187 e. The van der Waals surface area contributed by atoms with E-state index in [1.807, 2.05) is 0 Å². The minimum atomic E-state index is 0.207. The standard InChI is InChI=1S/C13H13NO/c1-14-12-7-5-11(6-8-12)13(15)9-4-10-2-3-10/h5-8,10H,2-4,9H2. The van der Waals surface area contributed by atoms with Crippen molar-refractivity contribution in [1.29, 1.82) is 0 Å². The molecule has 0 saturated heterocycles. The van der Waals surface area contributed by atoms with Crippen molar-refractivity contribution in [3.05, 3.63) is 41.2 Å². The lowest BCUT2D eigenvalue weighted by Gasteiger charge is -2.00. The highest BCUT2D eigenvalue weighted by Gasteiger charge is 2.21. The van der Waals surface area contributed by atoms with E-state index >= 15 is 0 Å². The zero-order valence-electron chi connectivity index (χ0n) is 8.57. The molecule has 0 N–H and O–H groups in total. The van der Waals surface area contributed by atoms with Crippen molar-refractivity contribution in [2.75, 3.05) is 0 Å². The Labute approximate surface area is 89.7 Å². The molecule has 1 aromatic carbocycles. The lowest BCUT2D eigenvalue weighted by atomic mass is 10.0. The van der Waals surface area contributed by atoms with Gasteiger partial charge in [-0.15, -0.1) is 0 Å². The molecule has 1 aliphatic rings. The molecule has 0 heterocycles. The molecule has 2 nitrogen and oxygen atoms in total. The summed E-state index contributed by atoms with van der Waals surface area (Å²) in [5.41, 5.74) is 1.33. The molecule has 1 aliphatic carbocycles. The number of Topliss-reactive ketones (excluding diaryl/α,β-unsaturated/α-hetero) is 1. The highest BCUT2D eigenvalue weighted by molar-refractivity contribution is 5.96. The van der Waals surface area contributed by atoms with Crippen molar-refractivity contribution in [2.45, 2.75) is 25.7 Å². The van der Waals surface area contributed by atoms with Crippen molar-refractivity contribution in [3.63, 3.8) is 0 Å². The van der Waals surface area contributed by atoms with Crippen molar-refractivity contribution in [3.8, 4) is 0 Å². The number of benzene rings is 1. The molecule has 0 aliphatic heterocycles. The van der Waals surface area contributed by atoms with Crippen LogP contribution in [-0.2, 0) is 0 Å². The molecule has 1 saturated carbocycles. The molecule has 0 amide bonds. The Kier molecular flexibility index (Phi) is 2.82. The third-order valence-corrected chi connectivity index (χ3v) is 2.79. The van der Waals surface area contributed by atoms with Crippen LogP contribution in [0.3, 0.4) is 0 Å². The van der Waals surface area contributed by atoms with Crippen LogP contribution in [0.4, 0.5) is 5.69 Å². The number of carbonyl (C=O) groups is 1. The predicted octanol–water partition coefficient (Wildman–Crippen LogP) is 3.61. The molecular weight excluding hydrogens is 186 g/mol. The van der Waals surface area contributed by atoms with Crippen LogP contribution in [0.25, 0.3) is 4.85 Å². The molecule has 2 rings (SSSR count). The van der Waals surface area contributed by atoms with E-state index in [4.69, 9.17) is 6.57 Å². The van der Waals surface area contributed by atoms with Crippen LogP contribution < -0.4 is 0 Å². The van der Waals surface area contributed by atoms with Crippen molar-refractivity contribution in [1.82, 2.24) is 0 Å². The number of nitrogens with zero attached hydrogens (tertiary/aromatic N) is 1. The van der Waals surface area contributed by atoms with Gasteiger partial charge >= 0.3 is 0 Å². The summed E-state index contributed by atoms with van der Waals surface area (Å²) in [4.78, 5) is 15.0. The largest absolute Gasteiger partial charge is 0.294 e. The molecule has 76 valence electrons. The Morgan fingerprint density at radius 1 is 1.33 bits per heavy atom. The topological polar surface area (TPSA) is 21.4 Å². The van der Waals surface area contributed by atoms with Gasteiger partial charge < -0.3 is 0 Å². The maximum absolute atomic E-state index is 11.7. The predicted molar refractivity (Wildman–Crippen MR) is 59.0 cm³/mol. The van der Waals surface area contributed by atoms with E-state index in [2.05, 4.69) is 4.85 Å². The lowest BCUT2D eigenvalue weighted by molar-refractivity contribution is 0.0978. The summed E-state index contributed by atoms with van der Waals surface area (Å²) in [5, 5.41) is 0. The normalized spacial score (nSPS) is 14.6. The molecule has 0 radical (unpaired) electrons. The fraction of sp³-hybridized carbons (Fsp3) is 0.385. The first-order chi connectivity index (χ1) is 7.29. The van der Waals surface area contributed by atoms with E-state index in [0.29, 0.717) is 12.1 Å². The van der Waals surface area contributed by atoms with Crippen molar-refractivity contribution < 1.29 is 4.79 Å². The Bertz CT molecular complexity index is 396. The van der Waals surface area contributed by atoms with Gasteiger partial charge in [-0.3, -0.25) is 4.79 Å². The van der Waals surface area contributed by atoms with Gasteiger partial charge in [0.05, 0.1) is 6.57 Å². The van der Waals surface area contributed by atoms with Gasteiger partial charge in [0.1, 0.15) is 0 Å². The van der Waals surface area contributed by atoms with E-state index in [1.54, 1.807) is 24.3 Å². The SMILES string of the molecule is [C-]#[N+]c1ccc(C(=O)CCC2CC2)cc1. The molecule has 0 unspecified atom stereocenters. The second-order valence-electron chi connectivity index (χ2n) is 4.06. The fourth-order valence-electron chi connectivity index (χ4n) is 1.61. The molecular formula is C13H13NO. The van der Waals surface area contributed by atoms with Gasteiger partial charge in [-0.05, 0) is 12.3 Å². The summed E-state index contributed by atoms with van der Waals surface area (Å²) in [7, 11) is 0.